The van der Waals surface area contributed by atoms with Crippen LogP contribution in [0.2, 0.25) is 0 Å². The van der Waals surface area contributed by atoms with Gasteiger partial charge in [-0.1, -0.05) is 0 Å². The van der Waals surface area contributed by atoms with Gasteiger partial charge in [0.05, 0.1) is 28.5 Å². The van der Waals surface area contributed by atoms with Gasteiger partial charge in [0.1, 0.15) is 23.3 Å². The van der Waals surface area contributed by atoms with E-state index in [1.807, 2.05) is 42.9 Å². The first-order valence-corrected chi connectivity index (χ1v) is 9.36. The molecule has 5 N–H and O–H groups in total. The number of aromatic nitrogens is 5. The average molecular weight is 399 g/mol. The predicted octanol–water partition coefficient (Wildman–Crippen LogP) is 2.94. The van der Waals surface area contributed by atoms with Crippen molar-refractivity contribution >= 4 is 28.6 Å². The zero-order valence-corrected chi connectivity index (χ0v) is 16.9. The van der Waals surface area contributed by atoms with Crippen molar-refractivity contribution in [3.63, 3.8) is 0 Å². The first-order chi connectivity index (χ1) is 14.4. The molecule has 0 amide bonds. The highest BCUT2D eigenvalue weighted by molar-refractivity contribution is 5.84. The van der Waals surface area contributed by atoms with Crippen LogP contribution in [-0.2, 0) is 7.05 Å². The van der Waals surface area contributed by atoms with Crippen LogP contribution < -0.4 is 16.8 Å². The van der Waals surface area contributed by atoms with Crippen LogP contribution in [0.5, 0.6) is 0 Å². The molecular weight excluding hydrogens is 378 g/mol. The Hall–Kier alpha value is -4.19. The maximum absolute atomic E-state index is 9.53. The number of hydrogen-bond acceptors (Lipinski definition) is 8. The average Bonchev–Trinajstić information content (AvgIpc) is 3.07. The van der Waals surface area contributed by atoms with E-state index in [1.165, 1.54) is 0 Å². The van der Waals surface area contributed by atoms with Crippen molar-refractivity contribution in [1.82, 2.24) is 24.5 Å². The Bertz CT molecular complexity index is 1300. The summed E-state index contributed by atoms with van der Waals surface area (Å²) in [7, 11) is 1.97. The second-order valence-electron chi connectivity index (χ2n) is 7.09. The van der Waals surface area contributed by atoms with Crippen LogP contribution in [0.4, 0.5) is 17.6 Å². The Morgan fingerprint density at radius 2 is 1.97 bits per heavy atom. The molecule has 4 aromatic rings. The summed E-state index contributed by atoms with van der Waals surface area (Å²) in [4.78, 5) is 17.3. The van der Waals surface area contributed by atoms with E-state index in [4.69, 9.17) is 16.5 Å². The Morgan fingerprint density at radius 3 is 2.70 bits per heavy atom. The first-order valence-electron chi connectivity index (χ1n) is 9.36. The molecule has 0 aliphatic rings. The number of nitrogens with zero attached hydrogens (tertiary/aromatic N) is 6. The molecule has 4 heterocycles. The molecule has 1 unspecified atom stereocenters. The predicted molar refractivity (Wildman–Crippen MR) is 116 cm³/mol. The highest BCUT2D eigenvalue weighted by Crippen LogP contribution is 2.33. The Balaban J connectivity index is 1.86. The van der Waals surface area contributed by atoms with E-state index in [0.29, 0.717) is 22.9 Å². The molecule has 0 aliphatic carbocycles. The van der Waals surface area contributed by atoms with Crippen molar-refractivity contribution in [2.45, 2.75) is 19.9 Å². The summed E-state index contributed by atoms with van der Waals surface area (Å²) in [5.74, 6) is 0.914. The summed E-state index contributed by atoms with van der Waals surface area (Å²) in [6.07, 6.45) is 3.64. The summed E-state index contributed by atoms with van der Waals surface area (Å²) >= 11 is 0. The number of nitrogens with one attached hydrogen (secondary N) is 1. The Labute approximate surface area is 173 Å². The second kappa shape index (κ2) is 7.33. The number of nitriles is 1. The van der Waals surface area contributed by atoms with E-state index >= 15 is 0 Å². The fourth-order valence-electron chi connectivity index (χ4n) is 3.48. The maximum atomic E-state index is 9.53. The van der Waals surface area contributed by atoms with Crippen molar-refractivity contribution in [3.8, 4) is 17.2 Å². The molecule has 30 heavy (non-hydrogen) atoms. The fourth-order valence-corrected chi connectivity index (χ4v) is 3.48. The minimum absolute atomic E-state index is 0.106. The topological polar surface area (TPSA) is 144 Å². The Kier molecular flexibility index (Phi) is 4.68. The van der Waals surface area contributed by atoms with E-state index in [1.54, 1.807) is 13.1 Å². The monoisotopic (exact) mass is 399 g/mol. The van der Waals surface area contributed by atoms with Gasteiger partial charge in [0, 0.05) is 25.0 Å². The molecule has 9 heteroatoms. The SMILES string of the molecule is Cc1nc(N)nc(NC(C)c2nc3ccn(C)c3cc2-c2ccnc(N)c2)c1C#N. The van der Waals surface area contributed by atoms with Crippen LogP contribution in [0, 0.1) is 18.3 Å². The van der Waals surface area contributed by atoms with Crippen LogP contribution in [0.1, 0.15) is 29.9 Å². The number of pyridine rings is 2. The lowest BCUT2D eigenvalue weighted by Crippen LogP contribution is -2.14. The van der Waals surface area contributed by atoms with Crippen molar-refractivity contribution < 1.29 is 0 Å². The van der Waals surface area contributed by atoms with Gasteiger partial charge in [0.2, 0.25) is 5.95 Å². The molecule has 4 aromatic heterocycles. The van der Waals surface area contributed by atoms with Crippen LogP contribution >= 0.6 is 0 Å². The third kappa shape index (κ3) is 3.35. The van der Waals surface area contributed by atoms with Gasteiger partial charge in [-0.3, -0.25) is 0 Å². The Morgan fingerprint density at radius 1 is 1.17 bits per heavy atom. The summed E-state index contributed by atoms with van der Waals surface area (Å²) in [6.45, 7) is 3.69. The van der Waals surface area contributed by atoms with E-state index in [2.05, 4.69) is 32.4 Å². The van der Waals surface area contributed by atoms with E-state index in [0.717, 1.165) is 27.9 Å². The molecular formula is C21H21N9. The van der Waals surface area contributed by atoms with E-state index in [-0.39, 0.29) is 12.0 Å². The number of anilines is 3. The lowest BCUT2D eigenvalue weighted by molar-refractivity contribution is 0.837. The summed E-state index contributed by atoms with van der Waals surface area (Å²) in [5.41, 5.74) is 17.1. The largest absolute Gasteiger partial charge is 0.384 e. The van der Waals surface area contributed by atoms with Crippen LogP contribution in [0.25, 0.3) is 22.2 Å². The molecule has 0 saturated carbocycles. The normalized spacial score (nSPS) is 11.9. The maximum Gasteiger partial charge on any atom is 0.222 e. The lowest BCUT2D eigenvalue weighted by Gasteiger charge is -2.19. The minimum Gasteiger partial charge on any atom is -0.384 e. The number of rotatable bonds is 4. The van der Waals surface area contributed by atoms with Crippen LogP contribution in [-0.4, -0.2) is 24.5 Å². The third-order valence-electron chi connectivity index (χ3n) is 4.97. The molecule has 150 valence electrons. The highest BCUT2D eigenvalue weighted by atomic mass is 15.1. The standard InChI is InChI=1S/C21H21N9/c1-11-15(10-22)20(29-21(24)27-11)26-12(2)19-14(13-4-6-25-18(23)8-13)9-17-16(28-19)5-7-30(17)3/h4-9,12H,1-3H3,(H2,23,25)(H3,24,26,27,29). The molecule has 9 nitrogen and oxygen atoms in total. The third-order valence-corrected chi connectivity index (χ3v) is 4.97. The van der Waals surface area contributed by atoms with Crippen LogP contribution in [0.15, 0.2) is 36.7 Å². The van der Waals surface area contributed by atoms with Crippen molar-refractivity contribution in [1.29, 1.82) is 5.26 Å². The quantitative estimate of drug-likeness (QED) is 0.475. The van der Waals surface area contributed by atoms with Gasteiger partial charge < -0.3 is 21.4 Å². The number of nitrogen functional groups attached to an aromatic ring is 2. The number of fused-ring (bicyclic) bond motifs is 1. The summed E-state index contributed by atoms with van der Waals surface area (Å²) in [6, 6.07) is 9.62. The minimum atomic E-state index is -0.278. The van der Waals surface area contributed by atoms with Gasteiger partial charge in [0.25, 0.3) is 0 Å². The van der Waals surface area contributed by atoms with Gasteiger partial charge in [0.15, 0.2) is 0 Å². The van der Waals surface area contributed by atoms with Crippen molar-refractivity contribution in [2.75, 3.05) is 16.8 Å². The molecule has 0 fully saturated rings. The highest BCUT2D eigenvalue weighted by Gasteiger charge is 2.20. The molecule has 0 bridgehead atoms. The molecule has 0 saturated heterocycles. The molecule has 0 aliphatic heterocycles. The summed E-state index contributed by atoms with van der Waals surface area (Å²) < 4.78 is 2.01. The summed E-state index contributed by atoms with van der Waals surface area (Å²) in [5, 5.41) is 12.8. The van der Waals surface area contributed by atoms with Gasteiger partial charge in [-0.15, -0.1) is 0 Å². The molecule has 4 rings (SSSR count). The van der Waals surface area contributed by atoms with Crippen molar-refractivity contribution in [2.24, 2.45) is 7.05 Å². The number of hydrogen-bond donors (Lipinski definition) is 3. The number of aryl methyl sites for hydroxylation is 2. The van der Waals surface area contributed by atoms with Gasteiger partial charge in [-0.05, 0) is 43.7 Å². The zero-order chi connectivity index (χ0) is 21.4. The molecule has 1 atom stereocenters. The molecule has 0 spiro atoms. The van der Waals surface area contributed by atoms with Crippen LogP contribution in [0.3, 0.4) is 0 Å². The lowest BCUT2D eigenvalue weighted by atomic mass is 10.00. The number of nitrogens with two attached hydrogens (primary N) is 2. The van der Waals surface area contributed by atoms with E-state index in [9.17, 15) is 5.26 Å². The molecule has 0 aromatic carbocycles. The smallest absolute Gasteiger partial charge is 0.222 e. The first kappa shape index (κ1) is 19.1. The molecule has 0 radical (unpaired) electrons. The van der Waals surface area contributed by atoms with Gasteiger partial charge >= 0.3 is 0 Å². The second-order valence-corrected chi connectivity index (χ2v) is 7.09. The van der Waals surface area contributed by atoms with Gasteiger partial charge in [-0.25, -0.2) is 15.0 Å². The van der Waals surface area contributed by atoms with Crippen molar-refractivity contribution in [3.05, 3.63) is 53.6 Å². The van der Waals surface area contributed by atoms with Gasteiger partial charge in [-0.2, -0.15) is 10.2 Å². The fraction of sp³-hybridized carbons (Fsp3) is 0.190. The zero-order valence-electron chi connectivity index (χ0n) is 16.9. The van der Waals surface area contributed by atoms with E-state index < -0.39 is 0 Å².